The van der Waals surface area contributed by atoms with Crippen LogP contribution < -0.4 is 0 Å². The monoisotopic (exact) mass is 254 g/mol. The highest BCUT2D eigenvalue weighted by molar-refractivity contribution is 5.62. The van der Waals surface area contributed by atoms with E-state index in [2.05, 4.69) is 23.5 Å². The van der Waals surface area contributed by atoms with Gasteiger partial charge in [0.1, 0.15) is 5.82 Å². The molecular formula is C14H26N2O2. The highest BCUT2D eigenvalue weighted by Gasteiger charge is 1.97. The van der Waals surface area contributed by atoms with Crippen LogP contribution in [0.2, 0.25) is 0 Å². The second-order valence-electron chi connectivity index (χ2n) is 4.49. The van der Waals surface area contributed by atoms with Crippen LogP contribution in [0.5, 0.6) is 0 Å². The Bertz CT molecular complexity index is 317. The van der Waals surface area contributed by atoms with Crippen molar-refractivity contribution < 1.29 is 9.90 Å². The van der Waals surface area contributed by atoms with Crippen molar-refractivity contribution in [3.8, 4) is 0 Å². The second kappa shape index (κ2) is 10.8. The summed E-state index contributed by atoms with van der Waals surface area (Å²) in [5, 5.41) is 7.42. The molecule has 104 valence electrons. The van der Waals surface area contributed by atoms with Crippen molar-refractivity contribution in [2.45, 2.75) is 58.8 Å². The van der Waals surface area contributed by atoms with E-state index in [0.717, 1.165) is 13.3 Å². The number of unbranched alkanes of at least 4 members (excludes halogenated alkanes) is 5. The Morgan fingerprint density at radius 2 is 1.83 bits per heavy atom. The fourth-order valence-corrected chi connectivity index (χ4v) is 1.70. The van der Waals surface area contributed by atoms with Crippen molar-refractivity contribution in [1.82, 2.24) is 9.55 Å². The topological polar surface area (TPSA) is 55.1 Å². The van der Waals surface area contributed by atoms with Crippen LogP contribution in [0.25, 0.3) is 0 Å². The summed E-state index contributed by atoms with van der Waals surface area (Å²) in [6.07, 6.45) is 13.2. The van der Waals surface area contributed by atoms with E-state index in [4.69, 9.17) is 9.90 Å². The maximum absolute atomic E-state index is 9.00. The number of imidazole rings is 1. The molecule has 18 heavy (non-hydrogen) atoms. The molecule has 1 aromatic heterocycles. The van der Waals surface area contributed by atoms with E-state index in [0.29, 0.717) is 0 Å². The molecular weight excluding hydrogens is 228 g/mol. The predicted molar refractivity (Wildman–Crippen MR) is 73.6 cm³/mol. The van der Waals surface area contributed by atoms with Crippen LogP contribution >= 0.6 is 0 Å². The summed E-state index contributed by atoms with van der Waals surface area (Å²) in [6.45, 7) is 3.34. The molecule has 0 aliphatic heterocycles. The summed E-state index contributed by atoms with van der Waals surface area (Å²) in [5.41, 5.74) is 0. The number of carboxylic acid groups (broad SMARTS) is 1. The molecule has 1 aromatic rings. The molecule has 0 aliphatic carbocycles. The SMILES string of the molecule is CC(=O)O.CCCCCCCCc1nccn1C. The molecule has 0 saturated heterocycles. The smallest absolute Gasteiger partial charge is 0.300 e. The minimum Gasteiger partial charge on any atom is -0.481 e. The molecule has 0 radical (unpaired) electrons. The number of carbonyl (C=O) groups is 1. The van der Waals surface area contributed by atoms with Gasteiger partial charge in [-0.25, -0.2) is 4.98 Å². The standard InChI is InChI=1S/C12H22N2.C2H4O2/c1-3-4-5-6-7-8-9-12-13-10-11-14(12)2;1-2(3)4/h10-11H,3-9H2,1-2H3;1H3,(H,3,4). The van der Waals surface area contributed by atoms with Gasteiger partial charge in [-0.2, -0.15) is 0 Å². The largest absolute Gasteiger partial charge is 0.481 e. The zero-order chi connectivity index (χ0) is 13.8. The number of aromatic nitrogens is 2. The first kappa shape index (κ1) is 16.7. The normalized spacial score (nSPS) is 9.72. The third-order valence-electron chi connectivity index (χ3n) is 2.67. The van der Waals surface area contributed by atoms with E-state index >= 15 is 0 Å². The molecule has 0 saturated carbocycles. The van der Waals surface area contributed by atoms with Crippen molar-refractivity contribution in [2.75, 3.05) is 0 Å². The molecule has 0 spiro atoms. The zero-order valence-electron chi connectivity index (χ0n) is 11.9. The van der Waals surface area contributed by atoms with E-state index in [-0.39, 0.29) is 0 Å². The molecule has 4 heteroatoms. The number of carboxylic acids is 1. The fraction of sp³-hybridized carbons (Fsp3) is 0.714. The molecule has 0 aliphatic rings. The number of hydrogen-bond donors (Lipinski definition) is 1. The van der Waals surface area contributed by atoms with Crippen LogP contribution in [-0.2, 0) is 18.3 Å². The lowest BCUT2D eigenvalue weighted by Crippen LogP contribution is -1.96. The Labute approximate surface area is 110 Å². The van der Waals surface area contributed by atoms with E-state index in [1.165, 1.54) is 44.3 Å². The third kappa shape index (κ3) is 9.87. The van der Waals surface area contributed by atoms with Crippen LogP contribution in [0.3, 0.4) is 0 Å². The van der Waals surface area contributed by atoms with Gasteiger partial charge in [0.05, 0.1) is 0 Å². The lowest BCUT2D eigenvalue weighted by Gasteiger charge is -2.01. The Hall–Kier alpha value is -1.32. The van der Waals surface area contributed by atoms with Crippen LogP contribution in [0.1, 0.15) is 58.2 Å². The van der Waals surface area contributed by atoms with Crippen molar-refractivity contribution in [1.29, 1.82) is 0 Å². The quantitative estimate of drug-likeness (QED) is 0.759. The molecule has 1 heterocycles. The first-order valence-corrected chi connectivity index (χ1v) is 6.73. The highest BCUT2D eigenvalue weighted by Crippen LogP contribution is 2.08. The lowest BCUT2D eigenvalue weighted by molar-refractivity contribution is -0.134. The van der Waals surface area contributed by atoms with Gasteiger partial charge >= 0.3 is 0 Å². The summed E-state index contributed by atoms with van der Waals surface area (Å²) < 4.78 is 2.12. The van der Waals surface area contributed by atoms with Gasteiger partial charge in [0, 0.05) is 32.8 Å². The molecule has 0 bridgehead atoms. The third-order valence-corrected chi connectivity index (χ3v) is 2.67. The minimum atomic E-state index is -0.833. The molecule has 0 atom stereocenters. The number of aliphatic carboxylic acids is 1. The van der Waals surface area contributed by atoms with E-state index in [9.17, 15) is 0 Å². The zero-order valence-corrected chi connectivity index (χ0v) is 11.9. The van der Waals surface area contributed by atoms with Gasteiger partial charge < -0.3 is 9.67 Å². The maximum Gasteiger partial charge on any atom is 0.300 e. The van der Waals surface area contributed by atoms with Crippen molar-refractivity contribution >= 4 is 5.97 Å². The molecule has 4 nitrogen and oxygen atoms in total. The van der Waals surface area contributed by atoms with Gasteiger partial charge in [0.2, 0.25) is 0 Å². The summed E-state index contributed by atoms with van der Waals surface area (Å²) in [5.74, 6) is 0.389. The predicted octanol–water partition coefficient (Wildman–Crippen LogP) is 3.41. The van der Waals surface area contributed by atoms with Crippen molar-refractivity contribution in [3.63, 3.8) is 0 Å². The number of hydrogen-bond acceptors (Lipinski definition) is 2. The van der Waals surface area contributed by atoms with E-state index in [1.807, 2.05) is 12.4 Å². The average Bonchev–Trinajstić information content (AvgIpc) is 2.69. The van der Waals surface area contributed by atoms with Gasteiger partial charge in [-0.05, 0) is 6.42 Å². The minimum absolute atomic E-state index is 0.833. The average molecular weight is 254 g/mol. The van der Waals surface area contributed by atoms with E-state index in [1.54, 1.807) is 0 Å². The first-order chi connectivity index (χ1) is 8.57. The number of nitrogens with zero attached hydrogens (tertiary/aromatic N) is 2. The fourth-order valence-electron chi connectivity index (χ4n) is 1.70. The molecule has 0 unspecified atom stereocenters. The Morgan fingerprint density at radius 1 is 1.28 bits per heavy atom. The van der Waals surface area contributed by atoms with Crippen LogP contribution in [0, 0.1) is 0 Å². The molecule has 1 rings (SSSR count). The van der Waals surface area contributed by atoms with Crippen molar-refractivity contribution in [3.05, 3.63) is 18.2 Å². The van der Waals surface area contributed by atoms with Gasteiger partial charge in [-0.3, -0.25) is 4.79 Å². The summed E-state index contributed by atoms with van der Waals surface area (Å²) in [6, 6.07) is 0. The molecule has 0 aromatic carbocycles. The van der Waals surface area contributed by atoms with Crippen LogP contribution in [0.4, 0.5) is 0 Å². The molecule has 1 N–H and O–H groups in total. The van der Waals surface area contributed by atoms with Crippen LogP contribution in [0.15, 0.2) is 12.4 Å². The maximum atomic E-state index is 9.00. The summed E-state index contributed by atoms with van der Waals surface area (Å²) in [4.78, 5) is 13.3. The number of rotatable bonds is 7. The Morgan fingerprint density at radius 3 is 2.33 bits per heavy atom. The number of aryl methyl sites for hydroxylation is 2. The van der Waals surface area contributed by atoms with Gasteiger partial charge in [0.15, 0.2) is 0 Å². The molecule has 0 fully saturated rings. The van der Waals surface area contributed by atoms with Crippen LogP contribution in [-0.4, -0.2) is 20.6 Å². The summed E-state index contributed by atoms with van der Waals surface area (Å²) >= 11 is 0. The Balaban J connectivity index is 0.000000631. The second-order valence-corrected chi connectivity index (χ2v) is 4.49. The van der Waals surface area contributed by atoms with Gasteiger partial charge in [-0.15, -0.1) is 0 Å². The van der Waals surface area contributed by atoms with Gasteiger partial charge in [0.25, 0.3) is 5.97 Å². The highest BCUT2D eigenvalue weighted by atomic mass is 16.4. The lowest BCUT2D eigenvalue weighted by atomic mass is 10.1. The Kier molecular flexibility index (Phi) is 10.0. The summed E-state index contributed by atoms with van der Waals surface area (Å²) in [7, 11) is 2.07. The van der Waals surface area contributed by atoms with Gasteiger partial charge in [-0.1, -0.05) is 39.0 Å². The first-order valence-electron chi connectivity index (χ1n) is 6.73. The molecule has 0 amide bonds. The van der Waals surface area contributed by atoms with E-state index < -0.39 is 5.97 Å². The van der Waals surface area contributed by atoms with Crippen molar-refractivity contribution in [2.24, 2.45) is 7.05 Å².